The van der Waals surface area contributed by atoms with E-state index in [0.717, 1.165) is 0 Å². The Hall–Kier alpha value is -1.43. The maximum atomic E-state index is 13.0. The van der Waals surface area contributed by atoms with Gasteiger partial charge in [0.2, 0.25) is 5.91 Å². The Morgan fingerprint density at radius 2 is 2.33 bits per heavy atom. The highest BCUT2D eigenvalue weighted by atomic mass is 79.9. The molecule has 1 aromatic carbocycles. The van der Waals surface area contributed by atoms with Gasteiger partial charge in [0.25, 0.3) is 0 Å². The van der Waals surface area contributed by atoms with E-state index in [1.165, 1.54) is 18.2 Å². The summed E-state index contributed by atoms with van der Waals surface area (Å²) in [4.78, 5) is 22.6. The van der Waals surface area contributed by atoms with E-state index in [2.05, 4.69) is 21.2 Å². The Balaban J connectivity index is 1.91. The third-order valence-electron chi connectivity index (χ3n) is 2.66. The molecular formula is C12H11BrFNO3. The molecule has 1 amide bonds. The molecule has 4 nitrogen and oxygen atoms in total. The van der Waals surface area contributed by atoms with E-state index in [4.69, 9.17) is 4.74 Å². The van der Waals surface area contributed by atoms with Crippen molar-refractivity contribution in [1.29, 1.82) is 0 Å². The molecule has 0 aromatic heterocycles. The van der Waals surface area contributed by atoms with Crippen LogP contribution in [-0.4, -0.2) is 24.5 Å². The van der Waals surface area contributed by atoms with Crippen LogP contribution in [0.1, 0.15) is 23.2 Å². The summed E-state index contributed by atoms with van der Waals surface area (Å²) < 4.78 is 18.3. The lowest BCUT2D eigenvalue weighted by molar-refractivity contribution is -0.119. The van der Waals surface area contributed by atoms with Gasteiger partial charge >= 0.3 is 5.97 Å². The highest BCUT2D eigenvalue weighted by Gasteiger charge is 2.22. The zero-order valence-corrected chi connectivity index (χ0v) is 11.0. The van der Waals surface area contributed by atoms with Crippen LogP contribution in [0.2, 0.25) is 0 Å². The summed E-state index contributed by atoms with van der Waals surface area (Å²) in [5.41, 5.74) is 0.271. The summed E-state index contributed by atoms with van der Waals surface area (Å²) in [5, 5.41) is 2.70. The number of halogens is 2. The molecule has 0 unspecified atom stereocenters. The standard InChI is InChI=1S/C12H11BrFNO3/c13-9-5-7(1-3-10(9)14)12(17)18-6-8-2-4-11(16)15-8/h1,3,5,8H,2,4,6H2,(H,15,16)/t8-/m1/s1. The Kier molecular flexibility index (Phi) is 3.96. The lowest BCUT2D eigenvalue weighted by Gasteiger charge is -2.10. The lowest BCUT2D eigenvalue weighted by Crippen LogP contribution is -2.30. The summed E-state index contributed by atoms with van der Waals surface area (Å²) in [5.74, 6) is -0.993. The van der Waals surface area contributed by atoms with Gasteiger partial charge in [0.1, 0.15) is 12.4 Å². The molecule has 0 bridgehead atoms. The number of rotatable bonds is 3. The first-order valence-electron chi connectivity index (χ1n) is 5.48. The van der Waals surface area contributed by atoms with Crippen LogP contribution < -0.4 is 5.32 Å². The van der Waals surface area contributed by atoms with Crippen molar-refractivity contribution in [2.45, 2.75) is 18.9 Å². The molecule has 1 heterocycles. The SMILES string of the molecule is O=C1CC[C@H](COC(=O)c2ccc(F)c(Br)c2)N1. The summed E-state index contributed by atoms with van der Waals surface area (Å²) in [6, 6.07) is 3.80. The molecule has 1 aliphatic rings. The first-order valence-corrected chi connectivity index (χ1v) is 6.27. The number of carbonyl (C=O) groups excluding carboxylic acids is 2. The number of esters is 1. The largest absolute Gasteiger partial charge is 0.460 e. The molecule has 0 spiro atoms. The first kappa shape index (κ1) is 13.0. The van der Waals surface area contributed by atoms with Gasteiger partial charge in [-0.25, -0.2) is 9.18 Å². The average Bonchev–Trinajstić information content (AvgIpc) is 2.75. The van der Waals surface area contributed by atoms with Crippen molar-refractivity contribution in [3.05, 3.63) is 34.1 Å². The molecule has 2 rings (SSSR count). The Bertz CT molecular complexity index is 492. The van der Waals surface area contributed by atoms with Gasteiger partial charge < -0.3 is 10.1 Å². The van der Waals surface area contributed by atoms with Crippen LogP contribution in [0.4, 0.5) is 4.39 Å². The van der Waals surface area contributed by atoms with Crippen molar-refractivity contribution in [2.24, 2.45) is 0 Å². The van der Waals surface area contributed by atoms with E-state index in [1.807, 2.05) is 0 Å². The number of ether oxygens (including phenoxy) is 1. The molecule has 0 saturated carbocycles. The molecule has 6 heteroatoms. The van der Waals surface area contributed by atoms with Gasteiger partial charge in [-0.1, -0.05) is 0 Å². The number of amides is 1. The molecule has 1 aromatic rings. The van der Waals surface area contributed by atoms with E-state index < -0.39 is 11.8 Å². The van der Waals surface area contributed by atoms with Crippen LogP contribution in [-0.2, 0) is 9.53 Å². The second-order valence-electron chi connectivity index (χ2n) is 4.03. The van der Waals surface area contributed by atoms with Crippen LogP contribution >= 0.6 is 15.9 Å². The van der Waals surface area contributed by atoms with Gasteiger partial charge in [0.05, 0.1) is 16.1 Å². The highest BCUT2D eigenvalue weighted by Crippen LogP contribution is 2.17. The van der Waals surface area contributed by atoms with Crippen molar-refractivity contribution >= 4 is 27.8 Å². The van der Waals surface area contributed by atoms with Gasteiger partial charge in [-0.15, -0.1) is 0 Å². The minimum absolute atomic E-state index is 0.0272. The number of nitrogens with one attached hydrogen (secondary N) is 1. The van der Waals surface area contributed by atoms with Crippen LogP contribution in [0.5, 0.6) is 0 Å². The fourth-order valence-corrected chi connectivity index (χ4v) is 2.06. The summed E-state index contributed by atoms with van der Waals surface area (Å²) in [7, 11) is 0. The molecule has 1 saturated heterocycles. The Labute approximate surface area is 112 Å². The lowest BCUT2D eigenvalue weighted by atomic mass is 10.2. The van der Waals surface area contributed by atoms with Gasteiger partial charge in [0, 0.05) is 6.42 Å². The van der Waals surface area contributed by atoms with Crippen molar-refractivity contribution in [2.75, 3.05) is 6.61 Å². The van der Waals surface area contributed by atoms with Crippen LogP contribution in [0, 0.1) is 5.82 Å². The normalized spacial score (nSPS) is 18.6. The molecule has 1 fully saturated rings. The number of hydrogen-bond acceptors (Lipinski definition) is 3. The molecule has 1 atom stereocenters. The van der Waals surface area contributed by atoms with Crippen molar-refractivity contribution < 1.29 is 18.7 Å². The summed E-state index contributed by atoms with van der Waals surface area (Å²) in [6.45, 7) is 0.138. The van der Waals surface area contributed by atoms with Crippen LogP contribution in [0.15, 0.2) is 22.7 Å². The first-order chi connectivity index (χ1) is 8.56. The van der Waals surface area contributed by atoms with Gasteiger partial charge in [-0.3, -0.25) is 4.79 Å². The third kappa shape index (κ3) is 3.07. The van der Waals surface area contributed by atoms with E-state index in [0.29, 0.717) is 12.8 Å². The highest BCUT2D eigenvalue weighted by molar-refractivity contribution is 9.10. The molecule has 0 radical (unpaired) electrons. The fourth-order valence-electron chi connectivity index (χ4n) is 1.69. The summed E-state index contributed by atoms with van der Waals surface area (Å²) in [6.07, 6.45) is 1.13. The topological polar surface area (TPSA) is 55.4 Å². The zero-order chi connectivity index (χ0) is 13.1. The van der Waals surface area contributed by atoms with Gasteiger partial charge in [0.15, 0.2) is 0 Å². The van der Waals surface area contributed by atoms with Crippen LogP contribution in [0.3, 0.4) is 0 Å². The molecule has 0 aliphatic carbocycles. The molecule has 18 heavy (non-hydrogen) atoms. The average molecular weight is 316 g/mol. The maximum Gasteiger partial charge on any atom is 0.338 e. The minimum atomic E-state index is -0.531. The Morgan fingerprint density at radius 3 is 2.94 bits per heavy atom. The number of carbonyl (C=O) groups is 2. The second kappa shape index (κ2) is 5.48. The fraction of sp³-hybridized carbons (Fsp3) is 0.333. The molecule has 96 valence electrons. The summed E-state index contributed by atoms with van der Waals surface area (Å²) >= 11 is 3.00. The van der Waals surface area contributed by atoms with E-state index in [1.54, 1.807) is 0 Å². The monoisotopic (exact) mass is 315 g/mol. The number of hydrogen-bond donors (Lipinski definition) is 1. The third-order valence-corrected chi connectivity index (χ3v) is 3.26. The van der Waals surface area contributed by atoms with Crippen molar-refractivity contribution in [3.8, 4) is 0 Å². The minimum Gasteiger partial charge on any atom is -0.460 e. The smallest absolute Gasteiger partial charge is 0.338 e. The predicted molar refractivity (Wildman–Crippen MR) is 65.5 cm³/mol. The van der Waals surface area contributed by atoms with E-state index >= 15 is 0 Å². The van der Waals surface area contributed by atoms with Crippen molar-refractivity contribution in [3.63, 3.8) is 0 Å². The zero-order valence-electron chi connectivity index (χ0n) is 9.41. The molecule has 1 N–H and O–H groups in total. The Morgan fingerprint density at radius 1 is 1.56 bits per heavy atom. The van der Waals surface area contributed by atoms with Crippen molar-refractivity contribution in [1.82, 2.24) is 5.32 Å². The second-order valence-corrected chi connectivity index (χ2v) is 4.88. The van der Waals surface area contributed by atoms with Gasteiger partial charge in [-0.05, 0) is 40.5 Å². The van der Waals surface area contributed by atoms with Gasteiger partial charge in [-0.2, -0.15) is 0 Å². The number of benzene rings is 1. The molecular weight excluding hydrogens is 305 g/mol. The van der Waals surface area contributed by atoms with Crippen LogP contribution in [0.25, 0.3) is 0 Å². The predicted octanol–water partition coefficient (Wildman–Crippen LogP) is 2.02. The van der Waals surface area contributed by atoms with E-state index in [9.17, 15) is 14.0 Å². The quantitative estimate of drug-likeness (QED) is 0.868. The van der Waals surface area contributed by atoms with E-state index in [-0.39, 0.29) is 28.6 Å². The maximum absolute atomic E-state index is 13.0. The molecule has 1 aliphatic heterocycles.